The van der Waals surface area contributed by atoms with E-state index in [0.29, 0.717) is 0 Å². The zero-order valence-electron chi connectivity index (χ0n) is 14.6. The highest BCUT2D eigenvalue weighted by molar-refractivity contribution is 7.82. The highest BCUT2D eigenvalue weighted by atomic mass is 32.1. The number of nitrogens with one attached hydrogen (secondary N) is 1. The van der Waals surface area contributed by atoms with Crippen LogP contribution in [0.3, 0.4) is 0 Å². The van der Waals surface area contributed by atoms with Crippen molar-refractivity contribution in [3.63, 3.8) is 0 Å². The largest absolute Gasteiger partial charge is 0.312 e. The van der Waals surface area contributed by atoms with E-state index in [2.05, 4.69) is 63.5 Å². The molecule has 0 aliphatic carbocycles. The lowest BCUT2D eigenvalue weighted by Crippen LogP contribution is -2.31. The zero-order valence-corrected chi connectivity index (χ0v) is 15.5. The minimum Gasteiger partial charge on any atom is -0.312 e. The molecule has 3 atom stereocenters. The smallest absolute Gasteiger partial charge is 0.0697 e. The summed E-state index contributed by atoms with van der Waals surface area (Å²) in [6, 6.07) is 2.77. The van der Waals surface area contributed by atoms with E-state index in [9.17, 15) is 5.26 Å². The lowest BCUT2D eigenvalue weighted by atomic mass is 9.79. The molecule has 0 saturated carbocycles. The number of nitrogens with zero attached hydrogens (tertiary/aromatic N) is 1. The van der Waals surface area contributed by atoms with Crippen LogP contribution >= 0.6 is 12.6 Å². The molecule has 0 spiro atoms. The zero-order chi connectivity index (χ0) is 17.0. The van der Waals surface area contributed by atoms with E-state index >= 15 is 0 Å². The summed E-state index contributed by atoms with van der Waals surface area (Å²) in [6.45, 7) is 15.5. The van der Waals surface area contributed by atoms with Gasteiger partial charge in [0.25, 0.3) is 0 Å². The van der Waals surface area contributed by atoms with Crippen LogP contribution in [0, 0.1) is 28.6 Å². The summed E-state index contributed by atoms with van der Waals surface area (Å²) in [7, 11) is 0. The molecule has 0 amide bonds. The Morgan fingerprint density at radius 3 is 2.45 bits per heavy atom. The first-order chi connectivity index (χ1) is 10.1. The fourth-order valence-electron chi connectivity index (χ4n) is 2.91. The van der Waals surface area contributed by atoms with E-state index in [4.69, 9.17) is 0 Å². The first kappa shape index (κ1) is 19.1. The van der Waals surface area contributed by atoms with Gasteiger partial charge in [-0.3, -0.25) is 0 Å². The third-order valence-corrected chi connectivity index (χ3v) is 4.05. The van der Waals surface area contributed by atoms with Crippen LogP contribution in [0.15, 0.2) is 36.5 Å². The quantitative estimate of drug-likeness (QED) is 0.577. The second kappa shape index (κ2) is 7.53. The van der Waals surface area contributed by atoms with Crippen molar-refractivity contribution in [1.29, 1.82) is 5.26 Å². The van der Waals surface area contributed by atoms with Gasteiger partial charge in [-0.05, 0) is 31.3 Å². The van der Waals surface area contributed by atoms with E-state index in [1.165, 1.54) is 0 Å². The molecule has 1 aliphatic heterocycles. The van der Waals surface area contributed by atoms with E-state index in [1.54, 1.807) is 0 Å². The van der Waals surface area contributed by atoms with Crippen LogP contribution in [-0.4, -0.2) is 17.3 Å². The molecule has 0 aromatic carbocycles. The van der Waals surface area contributed by atoms with Gasteiger partial charge < -0.3 is 5.32 Å². The van der Waals surface area contributed by atoms with E-state index in [0.717, 1.165) is 18.5 Å². The normalized spacial score (nSPS) is 27.1. The standard InChI is InChI=1S/C19H30N2S/c1-7-14(9-8-10-19(5,6)22)16-13-21-17(15(16)12-20)11-18(2,3)4/h7-10,15-17,21-22H,1,11,13H2,2-6H3/b10-8?,14-9+. The minimum atomic E-state index is -0.139. The van der Waals surface area contributed by atoms with Gasteiger partial charge in [0, 0.05) is 23.3 Å². The minimum absolute atomic E-state index is 0.000821. The molecule has 0 aromatic heterocycles. The predicted molar refractivity (Wildman–Crippen MR) is 98.9 cm³/mol. The number of hydrogen-bond acceptors (Lipinski definition) is 3. The Bertz CT molecular complexity index is 483. The second-order valence-corrected chi connectivity index (χ2v) is 9.08. The van der Waals surface area contributed by atoms with E-state index < -0.39 is 0 Å². The number of allylic oxidation sites excluding steroid dienone is 3. The molecule has 22 heavy (non-hydrogen) atoms. The Balaban J connectivity index is 2.90. The third-order valence-electron chi connectivity index (χ3n) is 3.90. The van der Waals surface area contributed by atoms with Gasteiger partial charge >= 0.3 is 0 Å². The molecule has 3 unspecified atom stereocenters. The highest BCUT2D eigenvalue weighted by Gasteiger charge is 2.38. The van der Waals surface area contributed by atoms with Gasteiger partial charge in [-0.1, -0.05) is 51.7 Å². The van der Waals surface area contributed by atoms with E-state index in [-0.39, 0.29) is 28.0 Å². The molecule has 1 saturated heterocycles. The van der Waals surface area contributed by atoms with Crippen LogP contribution in [-0.2, 0) is 0 Å². The molecule has 1 heterocycles. The molecule has 1 rings (SSSR count). The van der Waals surface area contributed by atoms with Crippen LogP contribution in [0.2, 0.25) is 0 Å². The molecule has 1 aliphatic rings. The molecule has 1 N–H and O–H groups in total. The van der Waals surface area contributed by atoms with Crippen LogP contribution in [0.25, 0.3) is 0 Å². The molecule has 0 aromatic rings. The Morgan fingerprint density at radius 1 is 1.36 bits per heavy atom. The highest BCUT2D eigenvalue weighted by Crippen LogP contribution is 2.34. The third kappa shape index (κ3) is 6.02. The summed E-state index contributed by atoms with van der Waals surface area (Å²) >= 11 is 4.49. The number of nitriles is 1. The fourth-order valence-corrected chi connectivity index (χ4v) is 3.00. The summed E-state index contributed by atoms with van der Waals surface area (Å²) in [5.74, 6) is 0.211. The van der Waals surface area contributed by atoms with Crippen molar-refractivity contribution >= 4 is 12.6 Å². The molecular weight excluding hydrogens is 288 g/mol. The van der Waals surface area contributed by atoms with Gasteiger partial charge in [0.05, 0.1) is 12.0 Å². The van der Waals surface area contributed by atoms with Crippen LogP contribution < -0.4 is 5.32 Å². The van der Waals surface area contributed by atoms with Gasteiger partial charge in [0.2, 0.25) is 0 Å². The summed E-state index contributed by atoms with van der Waals surface area (Å²) in [4.78, 5) is 0. The maximum absolute atomic E-state index is 9.62. The Kier molecular flexibility index (Phi) is 6.52. The SMILES string of the molecule is C=C/C(=C\C=CC(C)(C)S)C1CNC(CC(C)(C)C)C1C#N. The van der Waals surface area contributed by atoms with Crippen molar-refractivity contribution in [2.45, 2.75) is 51.8 Å². The average molecular weight is 319 g/mol. The molecule has 0 bridgehead atoms. The maximum Gasteiger partial charge on any atom is 0.0697 e. The van der Waals surface area contributed by atoms with E-state index in [1.807, 2.05) is 26.0 Å². The second-order valence-electron chi connectivity index (χ2n) is 7.92. The molecule has 3 heteroatoms. The van der Waals surface area contributed by atoms with Gasteiger partial charge in [0.1, 0.15) is 0 Å². The number of rotatable bonds is 5. The van der Waals surface area contributed by atoms with Gasteiger partial charge in [-0.2, -0.15) is 17.9 Å². The van der Waals surface area contributed by atoms with Crippen LogP contribution in [0.5, 0.6) is 0 Å². The lowest BCUT2D eigenvalue weighted by molar-refractivity contribution is 0.301. The summed E-state index contributed by atoms with van der Waals surface area (Å²) in [5.41, 5.74) is 1.35. The van der Waals surface area contributed by atoms with Crippen molar-refractivity contribution < 1.29 is 0 Å². The van der Waals surface area contributed by atoms with Crippen molar-refractivity contribution in [3.05, 3.63) is 36.5 Å². The average Bonchev–Trinajstić information content (AvgIpc) is 2.73. The molecule has 0 radical (unpaired) electrons. The van der Waals surface area contributed by atoms with Crippen molar-refractivity contribution in [2.75, 3.05) is 6.54 Å². The predicted octanol–water partition coefficient (Wildman–Crippen LogP) is 4.53. The first-order valence-corrected chi connectivity index (χ1v) is 8.39. The van der Waals surface area contributed by atoms with Crippen LogP contribution in [0.1, 0.15) is 41.0 Å². The molecule has 122 valence electrons. The molecule has 1 fully saturated rings. The monoisotopic (exact) mass is 318 g/mol. The van der Waals surface area contributed by atoms with Crippen molar-refractivity contribution in [3.8, 4) is 6.07 Å². The first-order valence-electron chi connectivity index (χ1n) is 7.94. The Hall–Kier alpha value is -0.980. The van der Waals surface area contributed by atoms with Gasteiger partial charge in [-0.15, -0.1) is 0 Å². The molecule has 2 nitrogen and oxygen atoms in total. The van der Waals surface area contributed by atoms with Crippen LogP contribution in [0.4, 0.5) is 0 Å². The topological polar surface area (TPSA) is 35.8 Å². The van der Waals surface area contributed by atoms with Gasteiger partial charge in [-0.25, -0.2) is 0 Å². The fraction of sp³-hybridized carbons (Fsp3) is 0.632. The summed E-state index contributed by atoms with van der Waals surface area (Å²) in [6.07, 6.45) is 9.03. The van der Waals surface area contributed by atoms with Crippen molar-refractivity contribution in [1.82, 2.24) is 5.32 Å². The Labute approximate surface area is 141 Å². The number of hydrogen-bond donors (Lipinski definition) is 2. The summed E-state index contributed by atoms with van der Waals surface area (Å²) in [5, 5.41) is 13.2. The number of thiol groups is 1. The maximum atomic E-state index is 9.62. The summed E-state index contributed by atoms with van der Waals surface area (Å²) < 4.78 is -0.139. The lowest BCUT2D eigenvalue weighted by Gasteiger charge is -2.26. The van der Waals surface area contributed by atoms with Gasteiger partial charge in [0.15, 0.2) is 0 Å². The van der Waals surface area contributed by atoms with Crippen molar-refractivity contribution in [2.24, 2.45) is 17.3 Å². The Morgan fingerprint density at radius 2 is 2.00 bits per heavy atom. The molecular formula is C19H30N2S.